The Hall–Kier alpha value is -2.91. The van der Waals surface area contributed by atoms with Gasteiger partial charge in [-0.15, -0.1) is 0 Å². The van der Waals surface area contributed by atoms with Crippen LogP contribution in [0.1, 0.15) is 28.3 Å². The number of fused-ring (bicyclic) bond motifs is 1. The van der Waals surface area contributed by atoms with Gasteiger partial charge in [0.15, 0.2) is 0 Å². The van der Waals surface area contributed by atoms with Crippen molar-refractivity contribution in [3.05, 3.63) is 107 Å². The molecule has 0 aliphatic carbocycles. The molecule has 0 bridgehead atoms. The average molecular weight is 385 g/mol. The highest BCUT2D eigenvalue weighted by atomic mass is 16.2. The Morgan fingerprint density at radius 3 is 2.24 bits per heavy atom. The summed E-state index contributed by atoms with van der Waals surface area (Å²) in [5.74, 6) is 0.172. The molecule has 3 heteroatoms. The van der Waals surface area contributed by atoms with Gasteiger partial charge in [0, 0.05) is 26.2 Å². The highest BCUT2D eigenvalue weighted by molar-refractivity contribution is 5.78. The Kier molecular flexibility index (Phi) is 6.06. The minimum atomic E-state index is 0.172. The molecule has 148 valence electrons. The zero-order valence-corrected chi connectivity index (χ0v) is 17.0. The molecule has 0 N–H and O–H groups in total. The Bertz CT molecular complexity index is 939. The lowest BCUT2D eigenvalue weighted by atomic mass is 9.88. The normalized spacial score (nSPS) is 16.2. The van der Waals surface area contributed by atoms with E-state index in [9.17, 15) is 4.79 Å². The van der Waals surface area contributed by atoms with Crippen molar-refractivity contribution in [1.29, 1.82) is 0 Å². The van der Waals surface area contributed by atoms with Crippen LogP contribution in [0.25, 0.3) is 0 Å². The van der Waals surface area contributed by atoms with Gasteiger partial charge in [0.2, 0.25) is 5.91 Å². The second-order valence-electron chi connectivity index (χ2n) is 7.86. The van der Waals surface area contributed by atoms with Crippen LogP contribution in [0.3, 0.4) is 0 Å². The number of rotatable bonds is 6. The van der Waals surface area contributed by atoms with Crippen LogP contribution in [0.4, 0.5) is 0 Å². The van der Waals surface area contributed by atoms with E-state index in [-0.39, 0.29) is 11.9 Å². The maximum atomic E-state index is 13.0. The minimum Gasteiger partial charge on any atom is -0.340 e. The quantitative estimate of drug-likeness (QED) is 0.625. The summed E-state index contributed by atoms with van der Waals surface area (Å²) in [5.41, 5.74) is 5.24. The molecule has 3 aromatic rings. The number of amides is 1. The molecule has 0 aromatic heterocycles. The summed E-state index contributed by atoms with van der Waals surface area (Å²) in [6.45, 7) is 2.02. The first-order chi connectivity index (χ1) is 14.2. The fraction of sp³-hybridized carbons (Fsp3) is 0.269. The van der Waals surface area contributed by atoms with Gasteiger partial charge in [-0.05, 0) is 35.1 Å². The molecular weight excluding hydrogens is 356 g/mol. The van der Waals surface area contributed by atoms with E-state index in [0.29, 0.717) is 13.1 Å². The van der Waals surface area contributed by atoms with E-state index in [1.165, 1.54) is 16.7 Å². The lowest BCUT2D eigenvalue weighted by Crippen LogP contribution is -2.43. The first kappa shape index (κ1) is 19.4. The number of likely N-dealkylation sites (N-methyl/N-ethyl adjacent to an activating group) is 1. The van der Waals surface area contributed by atoms with Gasteiger partial charge in [-0.2, -0.15) is 0 Å². The van der Waals surface area contributed by atoms with Crippen LogP contribution in [-0.2, 0) is 24.2 Å². The summed E-state index contributed by atoms with van der Waals surface area (Å²) >= 11 is 0. The summed E-state index contributed by atoms with van der Waals surface area (Å²) < 4.78 is 0. The fourth-order valence-electron chi connectivity index (χ4n) is 4.21. The van der Waals surface area contributed by atoms with Crippen molar-refractivity contribution in [2.45, 2.75) is 25.4 Å². The summed E-state index contributed by atoms with van der Waals surface area (Å²) in [5, 5.41) is 0. The second kappa shape index (κ2) is 9.06. The molecule has 0 spiro atoms. The fourth-order valence-corrected chi connectivity index (χ4v) is 4.21. The largest absolute Gasteiger partial charge is 0.340 e. The zero-order valence-electron chi connectivity index (χ0n) is 17.0. The van der Waals surface area contributed by atoms with Crippen molar-refractivity contribution in [3.63, 3.8) is 0 Å². The van der Waals surface area contributed by atoms with Crippen LogP contribution in [0.5, 0.6) is 0 Å². The minimum absolute atomic E-state index is 0.172. The van der Waals surface area contributed by atoms with Crippen molar-refractivity contribution in [1.82, 2.24) is 9.80 Å². The topological polar surface area (TPSA) is 23.6 Å². The van der Waals surface area contributed by atoms with Crippen LogP contribution in [-0.4, -0.2) is 35.8 Å². The van der Waals surface area contributed by atoms with E-state index in [2.05, 4.69) is 71.6 Å². The molecule has 0 saturated heterocycles. The molecule has 1 aliphatic rings. The smallest absolute Gasteiger partial charge is 0.236 e. The molecule has 1 unspecified atom stereocenters. The Morgan fingerprint density at radius 1 is 0.897 bits per heavy atom. The molecule has 3 nitrogen and oxygen atoms in total. The van der Waals surface area contributed by atoms with Crippen molar-refractivity contribution < 1.29 is 4.79 Å². The van der Waals surface area contributed by atoms with Crippen LogP contribution in [0, 0.1) is 0 Å². The molecular formula is C26H28N2O. The lowest BCUT2D eigenvalue weighted by molar-refractivity contribution is -0.132. The van der Waals surface area contributed by atoms with E-state index >= 15 is 0 Å². The third-order valence-electron chi connectivity index (χ3n) is 5.82. The number of hydrogen-bond acceptors (Lipinski definition) is 2. The monoisotopic (exact) mass is 384 g/mol. The van der Waals surface area contributed by atoms with Gasteiger partial charge in [-0.25, -0.2) is 0 Å². The maximum Gasteiger partial charge on any atom is 0.236 e. The molecule has 1 heterocycles. The molecule has 1 amide bonds. The molecule has 1 atom stereocenters. The average Bonchev–Trinajstić information content (AvgIpc) is 2.76. The van der Waals surface area contributed by atoms with E-state index in [4.69, 9.17) is 0 Å². The lowest BCUT2D eigenvalue weighted by Gasteiger charge is -2.38. The van der Waals surface area contributed by atoms with E-state index in [1.807, 2.05) is 30.1 Å². The first-order valence-electron chi connectivity index (χ1n) is 10.3. The second-order valence-corrected chi connectivity index (χ2v) is 7.86. The van der Waals surface area contributed by atoms with E-state index in [0.717, 1.165) is 24.9 Å². The summed E-state index contributed by atoms with van der Waals surface area (Å²) in [4.78, 5) is 17.2. The molecule has 1 aliphatic heterocycles. The summed E-state index contributed by atoms with van der Waals surface area (Å²) in [7, 11) is 1.90. The molecule has 29 heavy (non-hydrogen) atoms. The number of benzene rings is 3. The summed E-state index contributed by atoms with van der Waals surface area (Å²) in [6.07, 6.45) is 1.92. The Morgan fingerprint density at radius 2 is 1.52 bits per heavy atom. The van der Waals surface area contributed by atoms with Crippen molar-refractivity contribution in [2.24, 2.45) is 0 Å². The standard InChI is InChI=1S/C26H28N2O/c1-27(19-22-12-6-3-7-13-22)26(29)20-28-17-16-23-14-8-9-15-24(23)25(28)18-21-10-4-2-5-11-21/h2-15,25H,16-20H2,1H3. The van der Waals surface area contributed by atoms with E-state index in [1.54, 1.807) is 0 Å². The number of hydrogen-bond donors (Lipinski definition) is 0. The van der Waals surface area contributed by atoms with E-state index < -0.39 is 0 Å². The SMILES string of the molecule is CN(Cc1ccccc1)C(=O)CN1CCc2ccccc2C1Cc1ccccc1. The Labute approximate surface area is 173 Å². The van der Waals surface area contributed by atoms with Gasteiger partial charge in [0.25, 0.3) is 0 Å². The van der Waals surface area contributed by atoms with Crippen LogP contribution < -0.4 is 0 Å². The number of carbonyl (C=O) groups excluding carboxylic acids is 1. The number of nitrogens with zero attached hydrogens (tertiary/aromatic N) is 2. The predicted molar refractivity (Wildman–Crippen MR) is 118 cm³/mol. The van der Waals surface area contributed by atoms with Crippen molar-refractivity contribution >= 4 is 5.91 Å². The van der Waals surface area contributed by atoms with Crippen molar-refractivity contribution in [2.75, 3.05) is 20.1 Å². The molecule has 0 fully saturated rings. The third-order valence-corrected chi connectivity index (χ3v) is 5.82. The molecule has 3 aromatic carbocycles. The summed E-state index contributed by atoms with van der Waals surface area (Å²) in [6, 6.07) is 29.7. The molecule has 0 saturated carbocycles. The van der Waals surface area contributed by atoms with Gasteiger partial charge < -0.3 is 4.90 Å². The Balaban J connectivity index is 1.51. The van der Waals surface area contributed by atoms with Crippen LogP contribution in [0.2, 0.25) is 0 Å². The van der Waals surface area contributed by atoms with Gasteiger partial charge in [0.1, 0.15) is 0 Å². The molecule has 4 rings (SSSR count). The van der Waals surface area contributed by atoms with Crippen molar-refractivity contribution in [3.8, 4) is 0 Å². The van der Waals surface area contributed by atoms with Gasteiger partial charge >= 0.3 is 0 Å². The highest BCUT2D eigenvalue weighted by Crippen LogP contribution is 2.32. The maximum absolute atomic E-state index is 13.0. The van der Waals surface area contributed by atoms with Gasteiger partial charge in [0.05, 0.1) is 6.54 Å². The van der Waals surface area contributed by atoms with Crippen LogP contribution in [0.15, 0.2) is 84.9 Å². The van der Waals surface area contributed by atoms with Gasteiger partial charge in [-0.1, -0.05) is 84.9 Å². The highest BCUT2D eigenvalue weighted by Gasteiger charge is 2.29. The van der Waals surface area contributed by atoms with Gasteiger partial charge in [-0.3, -0.25) is 9.69 Å². The predicted octanol–water partition coefficient (Wildman–Crippen LogP) is 4.49. The third kappa shape index (κ3) is 4.75. The number of carbonyl (C=O) groups is 1. The van der Waals surface area contributed by atoms with Crippen LogP contribution >= 0.6 is 0 Å². The zero-order chi connectivity index (χ0) is 20.1. The first-order valence-corrected chi connectivity index (χ1v) is 10.3. The molecule has 0 radical (unpaired) electrons.